The number of hydrogen-bond donors (Lipinski definition) is 2. The zero-order valence-corrected chi connectivity index (χ0v) is 11.6. The normalized spacial score (nSPS) is 12.1. The third-order valence-electron chi connectivity index (χ3n) is 2.86. The van der Waals surface area contributed by atoms with Crippen LogP contribution in [0.2, 0.25) is 0 Å². The van der Waals surface area contributed by atoms with Crippen molar-refractivity contribution in [2.45, 2.75) is 32.9 Å². The predicted molar refractivity (Wildman–Crippen MR) is 74.8 cm³/mol. The average Bonchev–Trinajstić information content (AvgIpc) is 2.88. The van der Waals surface area contributed by atoms with E-state index >= 15 is 0 Å². The monoisotopic (exact) mass is 274 g/mol. The highest BCUT2D eigenvalue weighted by Gasteiger charge is 2.16. The minimum atomic E-state index is -0.228. The molecule has 0 saturated heterocycles. The van der Waals surface area contributed by atoms with E-state index in [0.717, 1.165) is 18.8 Å². The van der Waals surface area contributed by atoms with Gasteiger partial charge >= 0.3 is 0 Å². The lowest BCUT2D eigenvalue weighted by Crippen LogP contribution is -2.29. The van der Waals surface area contributed by atoms with Crippen molar-refractivity contribution in [2.24, 2.45) is 0 Å². The molecule has 0 aliphatic carbocycles. The molecular weight excluding hydrogens is 256 g/mol. The van der Waals surface area contributed by atoms with Crippen LogP contribution in [0.4, 0.5) is 5.82 Å². The molecule has 1 amide bonds. The summed E-state index contributed by atoms with van der Waals surface area (Å²) in [7, 11) is 0. The van der Waals surface area contributed by atoms with Crippen LogP contribution in [0.5, 0.6) is 0 Å². The number of nitrogens with two attached hydrogens (primary N) is 1. The number of aromatic nitrogens is 4. The molecule has 0 aromatic carbocycles. The van der Waals surface area contributed by atoms with E-state index in [1.165, 1.54) is 12.5 Å². The molecule has 0 aliphatic heterocycles. The highest BCUT2D eigenvalue weighted by atomic mass is 16.1. The molecule has 20 heavy (non-hydrogen) atoms. The minimum absolute atomic E-state index is 0.212. The summed E-state index contributed by atoms with van der Waals surface area (Å²) in [6, 6.07) is 3.01. The quantitative estimate of drug-likeness (QED) is 0.852. The minimum Gasteiger partial charge on any atom is -0.384 e. The molecule has 0 aliphatic rings. The van der Waals surface area contributed by atoms with Crippen molar-refractivity contribution >= 4 is 11.7 Å². The van der Waals surface area contributed by atoms with Crippen LogP contribution in [0.3, 0.4) is 0 Å². The van der Waals surface area contributed by atoms with Crippen molar-refractivity contribution in [3.8, 4) is 0 Å². The van der Waals surface area contributed by atoms with E-state index in [9.17, 15) is 4.79 Å². The highest BCUT2D eigenvalue weighted by Crippen LogP contribution is 2.10. The first-order valence-corrected chi connectivity index (χ1v) is 6.52. The number of rotatable bonds is 5. The number of nitrogens with one attached hydrogen (secondary N) is 1. The summed E-state index contributed by atoms with van der Waals surface area (Å²) in [6.07, 6.45) is 3.91. The number of pyridine rings is 1. The van der Waals surface area contributed by atoms with Crippen LogP contribution in [0.1, 0.15) is 42.5 Å². The van der Waals surface area contributed by atoms with Gasteiger partial charge in [0, 0.05) is 12.7 Å². The predicted octanol–water partition coefficient (Wildman–Crippen LogP) is 1.16. The van der Waals surface area contributed by atoms with Gasteiger partial charge in [-0.1, -0.05) is 6.92 Å². The van der Waals surface area contributed by atoms with Gasteiger partial charge in [-0.25, -0.2) is 14.6 Å². The summed E-state index contributed by atoms with van der Waals surface area (Å²) in [6.45, 7) is 4.71. The number of carbonyl (C=O) groups is 1. The molecule has 3 N–H and O–H groups in total. The standard InChI is InChI=1S/C13H18N6O/c1-3-6-19-12(16-8-17-19)9(2)18-13(20)10-4-5-11(14)15-7-10/h4-5,7-9H,3,6H2,1-2H3,(H2,14,15)(H,18,20)/t9-/m0/s1. The summed E-state index contributed by atoms with van der Waals surface area (Å²) in [5, 5.41) is 7.02. The lowest BCUT2D eigenvalue weighted by molar-refractivity contribution is 0.0937. The topological polar surface area (TPSA) is 98.7 Å². The van der Waals surface area contributed by atoms with Gasteiger partial charge in [-0.2, -0.15) is 5.10 Å². The largest absolute Gasteiger partial charge is 0.384 e. The second-order valence-corrected chi connectivity index (χ2v) is 4.51. The third-order valence-corrected chi connectivity index (χ3v) is 2.86. The Labute approximate surface area is 117 Å². The first kappa shape index (κ1) is 14.0. The van der Waals surface area contributed by atoms with Crippen LogP contribution in [0.25, 0.3) is 0 Å². The van der Waals surface area contributed by atoms with E-state index in [4.69, 9.17) is 5.73 Å². The summed E-state index contributed by atoms with van der Waals surface area (Å²) < 4.78 is 1.80. The van der Waals surface area contributed by atoms with E-state index < -0.39 is 0 Å². The number of nitrogen functional groups attached to an aromatic ring is 1. The van der Waals surface area contributed by atoms with Crippen molar-refractivity contribution < 1.29 is 4.79 Å². The van der Waals surface area contributed by atoms with E-state index in [1.54, 1.807) is 16.8 Å². The molecule has 2 aromatic heterocycles. The first-order valence-electron chi connectivity index (χ1n) is 6.52. The van der Waals surface area contributed by atoms with Gasteiger partial charge in [0.05, 0.1) is 11.6 Å². The van der Waals surface area contributed by atoms with Crippen molar-refractivity contribution in [1.82, 2.24) is 25.1 Å². The fourth-order valence-corrected chi connectivity index (χ4v) is 1.88. The Kier molecular flexibility index (Phi) is 4.29. The van der Waals surface area contributed by atoms with Crippen molar-refractivity contribution in [3.05, 3.63) is 36.0 Å². The molecule has 106 valence electrons. The molecule has 0 spiro atoms. The molecule has 2 rings (SSSR count). The van der Waals surface area contributed by atoms with Gasteiger partial charge in [-0.3, -0.25) is 4.79 Å². The fourth-order valence-electron chi connectivity index (χ4n) is 1.88. The summed E-state index contributed by atoms with van der Waals surface area (Å²) in [5.74, 6) is 0.914. The van der Waals surface area contributed by atoms with Crippen LogP contribution in [0.15, 0.2) is 24.7 Å². The van der Waals surface area contributed by atoms with Gasteiger partial charge in [-0.05, 0) is 25.5 Å². The molecule has 0 radical (unpaired) electrons. The maximum absolute atomic E-state index is 12.1. The van der Waals surface area contributed by atoms with Crippen LogP contribution >= 0.6 is 0 Å². The van der Waals surface area contributed by atoms with E-state index in [2.05, 4.69) is 27.3 Å². The van der Waals surface area contributed by atoms with Crippen molar-refractivity contribution in [3.63, 3.8) is 0 Å². The molecule has 0 saturated carbocycles. The summed E-state index contributed by atoms with van der Waals surface area (Å²) in [4.78, 5) is 20.2. The molecular formula is C13H18N6O. The van der Waals surface area contributed by atoms with Gasteiger partial charge in [0.2, 0.25) is 0 Å². The average molecular weight is 274 g/mol. The fraction of sp³-hybridized carbons (Fsp3) is 0.385. The Morgan fingerprint density at radius 1 is 1.45 bits per heavy atom. The number of hydrogen-bond acceptors (Lipinski definition) is 5. The Hall–Kier alpha value is -2.44. The number of amides is 1. The van der Waals surface area contributed by atoms with E-state index in [0.29, 0.717) is 11.4 Å². The smallest absolute Gasteiger partial charge is 0.253 e. The zero-order valence-electron chi connectivity index (χ0n) is 11.6. The van der Waals surface area contributed by atoms with E-state index in [1.807, 2.05) is 6.92 Å². The summed E-state index contributed by atoms with van der Waals surface area (Å²) in [5.41, 5.74) is 5.96. The number of aryl methyl sites for hydroxylation is 1. The zero-order chi connectivity index (χ0) is 14.5. The van der Waals surface area contributed by atoms with Gasteiger partial charge in [0.25, 0.3) is 5.91 Å². The highest BCUT2D eigenvalue weighted by molar-refractivity contribution is 5.94. The molecule has 0 fully saturated rings. The Morgan fingerprint density at radius 2 is 2.25 bits per heavy atom. The number of anilines is 1. The molecule has 0 bridgehead atoms. The molecule has 7 heteroatoms. The second kappa shape index (κ2) is 6.14. The Bertz CT molecular complexity index is 577. The Morgan fingerprint density at radius 3 is 2.90 bits per heavy atom. The van der Waals surface area contributed by atoms with Gasteiger partial charge in [0.1, 0.15) is 18.0 Å². The molecule has 7 nitrogen and oxygen atoms in total. The van der Waals surface area contributed by atoms with Gasteiger partial charge in [0.15, 0.2) is 0 Å². The second-order valence-electron chi connectivity index (χ2n) is 4.51. The van der Waals surface area contributed by atoms with E-state index in [-0.39, 0.29) is 11.9 Å². The molecule has 1 atom stereocenters. The summed E-state index contributed by atoms with van der Waals surface area (Å²) >= 11 is 0. The van der Waals surface area contributed by atoms with Crippen molar-refractivity contribution in [2.75, 3.05) is 5.73 Å². The molecule has 2 heterocycles. The number of nitrogens with zero attached hydrogens (tertiary/aromatic N) is 4. The van der Waals surface area contributed by atoms with Crippen LogP contribution in [-0.4, -0.2) is 25.7 Å². The van der Waals surface area contributed by atoms with Crippen molar-refractivity contribution in [1.29, 1.82) is 0 Å². The van der Waals surface area contributed by atoms with Gasteiger partial charge < -0.3 is 11.1 Å². The van der Waals surface area contributed by atoms with Crippen LogP contribution in [0, 0.1) is 0 Å². The SMILES string of the molecule is CCCn1ncnc1[C@H](C)NC(=O)c1ccc(N)nc1. The molecule has 2 aromatic rings. The molecule has 0 unspecified atom stereocenters. The van der Waals surface area contributed by atoms with Gasteiger partial charge in [-0.15, -0.1) is 0 Å². The van der Waals surface area contributed by atoms with Crippen LogP contribution in [-0.2, 0) is 6.54 Å². The Balaban J connectivity index is 2.07. The lowest BCUT2D eigenvalue weighted by atomic mass is 10.2. The lowest BCUT2D eigenvalue weighted by Gasteiger charge is -2.14. The maximum Gasteiger partial charge on any atom is 0.253 e. The first-order chi connectivity index (χ1) is 9.61. The maximum atomic E-state index is 12.1. The number of carbonyl (C=O) groups excluding carboxylic acids is 1. The third kappa shape index (κ3) is 3.11. The van der Waals surface area contributed by atoms with Crippen LogP contribution < -0.4 is 11.1 Å².